The molecule has 35 heavy (non-hydrogen) atoms. The first kappa shape index (κ1) is 25.9. The van der Waals surface area contributed by atoms with Gasteiger partial charge in [0.15, 0.2) is 11.3 Å². The lowest BCUT2D eigenvalue weighted by atomic mass is 9.96. The number of hydrogen-bond acceptors (Lipinski definition) is 6. The molecule has 0 radical (unpaired) electrons. The van der Waals surface area contributed by atoms with Crippen molar-refractivity contribution in [3.8, 4) is 11.8 Å². The van der Waals surface area contributed by atoms with Gasteiger partial charge in [-0.05, 0) is 62.7 Å². The number of nitrogens with zero attached hydrogens (tertiary/aromatic N) is 1. The number of nitrogens with one attached hydrogen (secondary N) is 2. The lowest BCUT2D eigenvalue weighted by Crippen LogP contribution is -2.64. The van der Waals surface area contributed by atoms with E-state index in [4.69, 9.17) is 14.7 Å². The normalized spacial score (nSPS) is 17.9. The van der Waals surface area contributed by atoms with Gasteiger partial charge in [0.05, 0.1) is 6.61 Å². The Morgan fingerprint density at radius 2 is 1.57 bits per heavy atom. The second-order valence-electron chi connectivity index (χ2n) is 8.72. The number of likely N-dealkylation sites (N-methyl/N-ethyl adjacent to an activating group) is 2. The van der Waals surface area contributed by atoms with Crippen molar-refractivity contribution in [2.45, 2.75) is 38.2 Å². The molecule has 1 aliphatic heterocycles. The largest absolute Gasteiger partial charge is 0.357 e. The third-order valence-corrected chi connectivity index (χ3v) is 5.96. The molecule has 0 spiro atoms. The summed E-state index contributed by atoms with van der Waals surface area (Å²) in [6.45, 7) is 5.52. The maximum absolute atomic E-state index is 12.9. The molecular formula is C26H29N3O6. The molecule has 0 aromatic heterocycles. The third-order valence-electron chi connectivity index (χ3n) is 5.96. The van der Waals surface area contributed by atoms with Crippen LogP contribution < -0.4 is 10.8 Å². The molecular weight excluding hydrogens is 450 g/mol. The fourth-order valence-electron chi connectivity index (χ4n) is 3.63. The molecule has 3 rings (SSSR count). The lowest BCUT2D eigenvalue weighted by molar-refractivity contribution is -0.148. The Labute approximate surface area is 204 Å². The van der Waals surface area contributed by atoms with Gasteiger partial charge in [-0.1, -0.05) is 24.0 Å². The molecule has 2 atom stereocenters. The third kappa shape index (κ3) is 5.52. The van der Waals surface area contributed by atoms with Crippen LogP contribution >= 0.6 is 0 Å². The molecule has 2 aromatic rings. The van der Waals surface area contributed by atoms with Crippen molar-refractivity contribution in [3.63, 3.8) is 0 Å². The Kier molecular flexibility index (Phi) is 7.60. The molecule has 0 saturated carbocycles. The number of hydroxylamine groups is 1. The van der Waals surface area contributed by atoms with Crippen LogP contribution in [0, 0.1) is 11.8 Å². The van der Waals surface area contributed by atoms with E-state index in [9.17, 15) is 14.4 Å². The van der Waals surface area contributed by atoms with Crippen LogP contribution in [-0.4, -0.2) is 59.9 Å². The summed E-state index contributed by atoms with van der Waals surface area (Å²) in [4.78, 5) is 38.4. The monoisotopic (exact) mass is 479 g/mol. The zero-order chi connectivity index (χ0) is 25.8. The Morgan fingerprint density at radius 1 is 1.03 bits per heavy atom. The number of carbonyl (C=O) groups excluding carboxylic acids is 3. The lowest BCUT2D eigenvalue weighted by Gasteiger charge is -2.34. The molecule has 9 heteroatoms. The SMILES string of the molecule is CNC(=O)C(C)(C(=O)NO)N(C)C(=O)c1ccc(C#Cc2ccc([C@H]3COC(C)(C)O3)cc2)cc1. The van der Waals surface area contributed by atoms with Crippen LogP contribution in [0.5, 0.6) is 0 Å². The summed E-state index contributed by atoms with van der Waals surface area (Å²) in [5, 5.41) is 11.4. The van der Waals surface area contributed by atoms with Crippen molar-refractivity contribution in [2.24, 2.45) is 0 Å². The van der Waals surface area contributed by atoms with E-state index in [0.29, 0.717) is 12.2 Å². The van der Waals surface area contributed by atoms with E-state index in [0.717, 1.165) is 16.0 Å². The molecule has 3 N–H and O–H groups in total. The fourth-order valence-corrected chi connectivity index (χ4v) is 3.63. The minimum Gasteiger partial charge on any atom is -0.357 e. The van der Waals surface area contributed by atoms with Crippen LogP contribution in [0.1, 0.15) is 53.9 Å². The summed E-state index contributed by atoms with van der Waals surface area (Å²) in [5.41, 5.74) is 2.28. The van der Waals surface area contributed by atoms with Gasteiger partial charge in [-0.15, -0.1) is 0 Å². The summed E-state index contributed by atoms with van der Waals surface area (Å²) in [5.74, 6) is 3.20. The zero-order valence-corrected chi connectivity index (χ0v) is 20.3. The van der Waals surface area contributed by atoms with Crippen LogP contribution in [0.3, 0.4) is 0 Å². The van der Waals surface area contributed by atoms with Gasteiger partial charge < -0.3 is 19.7 Å². The van der Waals surface area contributed by atoms with Gasteiger partial charge in [-0.3, -0.25) is 19.6 Å². The number of rotatable bonds is 5. The first-order valence-corrected chi connectivity index (χ1v) is 11.0. The maximum atomic E-state index is 12.9. The van der Waals surface area contributed by atoms with Crippen molar-refractivity contribution < 1.29 is 29.1 Å². The van der Waals surface area contributed by atoms with Gasteiger partial charge in [0.25, 0.3) is 17.7 Å². The molecule has 1 fully saturated rings. The standard InChI is InChI=1S/C26H29N3O6/c1-25(2)34-16-21(35-25)19-12-8-17(9-13-19)6-7-18-10-14-20(15-11-18)22(30)29(5)26(3,23(31)27-4)24(32)28-33/h8-15,21,33H,16H2,1-5H3,(H,27,31)(H,28,32)/t21-,26?/m1/s1. The summed E-state index contributed by atoms with van der Waals surface area (Å²) < 4.78 is 11.5. The van der Waals surface area contributed by atoms with E-state index in [1.807, 2.05) is 38.1 Å². The summed E-state index contributed by atoms with van der Waals surface area (Å²) in [6, 6.07) is 14.2. The Hall–Kier alpha value is -3.71. The van der Waals surface area contributed by atoms with E-state index in [1.165, 1.54) is 26.5 Å². The average molecular weight is 480 g/mol. The smallest absolute Gasteiger partial charge is 0.278 e. The van der Waals surface area contributed by atoms with Crippen LogP contribution in [0.15, 0.2) is 48.5 Å². The van der Waals surface area contributed by atoms with E-state index >= 15 is 0 Å². The van der Waals surface area contributed by atoms with Gasteiger partial charge >= 0.3 is 0 Å². The number of benzene rings is 2. The first-order valence-electron chi connectivity index (χ1n) is 11.0. The van der Waals surface area contributed by atoms with E-state index < -0.39 is 29.0 Å². The van der Waals surface area contributed by atoms with Gasteiger partial charge in [0.2, 0.25) is 0 Å². The number of amides is 3. The maximum Gasteiger partial charge on any atom is 0.278 e. The molecule has 1 saturated heterocycles. The Balaban J connectivity index is 1.71. The number of carbonyl (C=O) groups is 3. The molecule has 9 nitrogen and oxygen atoms in total. The van der Waals surface area contributed by atoms with Crippen LogP contribution in [-0.2, 0) is 19.1 Å². The highest BCUT2D eigenvalue weighted by Crippen LogP contribution is 2.32. The van der Waals surface area contributed by atoms with Crippen molar-refractivity contribution in [2.75, 3.05) is 20.7 Å². The molecule has 0 bridgehead atoms. The zero-order valence-electron chi connectivity index (χ0n) is 20.3. The predicted molar refractivity (Wildman–Crippen MR) is 127 cm³/mol. The molecule has 2 aromatic carbocycles. The van der Waals surface area contributed by atoms with E-state index in [-0.39, 0.29) is 11.7 Å². The van der Waals surface area contributed by atoms with Crippen LogP contribution in [0.2, 0.25) is 0 Å². The van der Waals surface area contributed by atoms with E-state index in [1.54, 1.807) is 24.3 Å². The minimum atomic E-state index is -1.95. The van der Waals surface area contributed by atoms with Crippen molar-refractivity contribution >= 4 is 17.7 Å². The van der Waals surface area contributed by atoms with Gasteiger partial charge in [0, 0.05) is 30.8 Å². The van der Waals surface area contributed by atoms with E-state index in [2.05, 4.69) is 17.2 Å². The highest BCUT2D eigenvalue weighted by atomic mass is 16.7. The van der Waals surface area contributed by atoms with Gasteiger partial charge in [0.1, 0.15) is 6.10 Å². The second kappa shape index (κ2) is 10.3. The molecule has 3 amide bonds. The van der Waals surface area contributed by atoms with Crippen molar-refractivity contribution in [1.82, 2.24) is 15.7 Å². The van der Waals surface area contributed by atoms with Crippen LogP contribution in [0.4, 0.5) is 0 Å². The molecule has 1 unspecified atom stereocenters. The highest BCUT2D eigenvalue weighted by molar-refractivity contribution is 6.12. The minimum absolute atomic E-state index is 0.107. The summed E-state index contributed by atoms with van der Waals surface area (Å²) in [6.07, 6.45) is -0.107. The Bertz CT molecular complexity index is 1150. The van der Waals surface area contributed by atoms with Crippen LogP contribution in [0.25, 0.3) is 0 Å². The van der Waals surface area contributed by atoms with Gasteiger partial charge in [-0.2, -0.15) is 0 Å². The van der Waals surface area contributed by atoms with Crippen molar-refractivity contribution in [1.29, 1.82) is 0 Å². The average Bonchev–Trinajstić information content (AvgIpc) is 3.25. The van der Waals surface area contributed by atoms with Crippen molar-refractivity contribution in [3.05, 3.63) is 70.8 Å². The summed E-state index contributed by atoms with van der Waals surface area (Å²) >= 11 is 0. The molecule has 1 aliphatic rings. The second-order valence-corrected chi connectivity index (χ2v) is 8.72. The number of hydrogen-bond donors (Lipinski definition) is 3. The molecule has 1 heterocycles. The summed E-state index contributed by atoms with van der Waals surface area (Å²) in [7, 11) is 2.65. The predicted octanol–water partition coefficient (Wildman–Crippen LogP) is 1.99. The van der Waals surface area contributed by atoms with Gasteiger partial charge in [-0.25, -0.2) is 5.48 Å². The highest BCUT2D eigenvalue weighted by Gasteiger charge is 2.47. The molecule has 0 aliphatic carbocycles. The first-order chi connectivity index (χ1) is 16.5. The Morgan fingerprint density at radius 3 is 2.03 bits per heavy atom. The topological polar surface area (TPSA) is 117 Å². The number of ether oxygens (including phenoxy) is 2. The molecule has 184 valence electrons. The fraction of sp³-hybridized carbons (Fsp3) is 0.346. The quantitative estimate of drug-likeness (QED) is 0.261.